The summed E-state index contributed by atoms with van der Waals surface area (Å²) in [6, 6.07) is 4.50. The molecule has 1 atom stereocenters. The summed E-state index contributed by atoms with van der Waals surface area (Å²) in [6.45, 7) is 1.41. The number of hydrogen-bond donors (Lipinski definition) is 1. The van der Waals surface area contributed by atoms with Crippen molar-refractivity contribution in [2.75, 3.05) is 0 Å². The van der Waals surface area contributed by atoms with E-state index in [9.17, 15) is 9.18 Å². The third-order valence-electron chi connectivity index (χ3n) is 2.56. The molecule has 1 aliphatic rings. The number of carboxylic acid groups (broad SMARTS) is 1. The van der Waals surface area contributed by atoms with Crippen LogP contribution in [0.1, 0.15) is 18.9 Å². The van der Waals surface area contributed by atoms with Gasteiger partial charge in [0, 0.05) is 16.5 Å². The predicted molar refractivity (Wildman–Crippen MR) is 62.4 cm³/mol. The molecule has 0 saturated heterocycles. The first-order chi connectivity index (χ1) is 7.92. The average molecular weight is 302 g/mol. The van der Waals surface area contributed by atoms with E-state index in [1.807, 2.05) is 0 Å². The Hall–Kier alpha value is -1.43. The lowest BCUT2D eigenvalue weighted by atomic mass is 9.96. The van der Waals surface area contributed by atoms with Crippen LogP contribution in [-0.4, -0.2) is 22.4 Å². The summed E-state index contributed by atoms with van der Waals surface area (Å²) < 4.78 is 14.3. The Labute approximate surface area is 105 Å². The molecule has 17 heavy (non-hydrogen) atoms. The fourth-order valence-electron chi connectivity index (χ4n) is 1.52. The molecule has 4 nitrogen and oxygen atoms in total. The van der Waals surface area contributed by atoms with Crippen molar-refractivity contribution < 1.29 is 19.1 Å². The maximum atomic E-state index is 13.6. The maximum Gasteiger partial charge on any atom is 0.351 e. The van der Waals surface area contributed by atoms with Crippen LogP contribution >= 0.6 is 15.9 Å². The first kappa shape index (κ1) is 12.0. The third kappa shape index (κ3) is 2.17. The molecule has 1 aliphatic heterocycles. The van der Waals surface area contributed by atoms with E-state index in [-0.39, 0.29) is 12.0 Å². The second kappa shape index (κ2) is 4.10. The minimum Gasteiger partial charge on any atom is -0.478 e. The molecule has 0 radical (unpaired) electrons. The molecule has 0 saturated carbocycles. The van der Waals surface area contributed by atoms with E-state index < -0.39 is 17.4 Å². The Morgan fingerprint density at radius 3 is 2.88 bits per heavy atom. The number of carbonyl (C=O) groups is 1. The van der Waals surface area contributed by atoms with Gasteiger partial charge in [-0.15, -0.1) is 0 Å². The van der Waals surface area contributed by atoms with Crippen LogP contribution in [0.25, 0.3) is 0 Å². The number of rotatable bonds is 2. The summed E-state index contributed by atoms with van der Waals surface area (Å²) in [5.41, 5.74) is -0.840. The Morgan fingerprint density at radius 2 is 2.35 bits per heavy atom. The van der Waals surface area contributed by atoms with Gasteiger partial charge >= 0.3 is 5.97 Å². The van der Waals surface area contributed by atoms with E-state index in [2.05, 4.69) is 21.1 Å². The van der Waals surface area contributed by atoms with Gasteiger partial charge in [-0.05, 0) is 25.1 Å². The lowest BCUT2D eigenvalue weighted by Gasteiger charge is -2.14. The molecule has 90 valence electrons. The largest absolute Gasteiger partial charge is 0.478 e. The zero-order valence-corrected chi connectivity index (χ0v) is 10.5. The molecule has 1 aromatic rings. The van der Waals surface area contributed by atoms with Crippen molar-refractivity contribution >= 4 is 27.6 Å². The molecule has 1 aromatic carbocycles. The highest BCUT2D eigenvalue weighted by atomic mass is 79.9. The van der Waals surface area contributed by atoms with Crippen LogP contribution in [0.2, 0.25) is 0 Å². The summed E-state index contributed by atoms with van der Waals surface area (Å²) in [5, 5.41) is 12.6. The van der Waals surface area contributed by atoms with Gasteiger partial charge in [-0.3, -0.25) is 0 Å². The van der Waals surface area contributed by atoms with Gasteiger partial charge in [0.25, 0.3) is 0 Å². The highest BCUT2D eigenvalue weighted by molar-refractivity contribution is 9.10. The fourth-order valence-corrected chi connectivity index (χ4v) is 1.86. The summed E-state index contributed by atoms with van der Waals surface area (Å²) in [5.74, 6) is -1.58. The number of carboxylic acids is 1. The van der Waals surface area contributed by atoms with Crippen molar-refractivity contribution in [2.45, 2.75) is 18.9 Å². The molecule has 0 aromatic heterocycles. The van der Waals surface area contributed by atoms with Crippen molar-refractivity contribution in [1.82, 2.24) is 0 Å². The van der Waals surface area contributed by atoms with Gasteiger partial charge in [0.05, 0.1) is 5.71 Å². The zero-order chi connectivity index (χ0) is 12.6. The zero-order valence-electron chi connectivity index (χ0n) is 8.91. The molecular formula is C11H9BrFNO3. The molecule has 0 aliphatic carbocycles. The summed E-state index contributed by atoms with van der Waals surface area (Å²) in [6.07, 6.45) is 0.0425. The van der Waals surface area contributed by atoms with E-state index in [1.165, 1.54) is 19.1 Å². The quantitative estimate of drug-likeness (QED) is 0.913. The van der Waals surface area contributed by atoms with Gasteiger partial charge < -0.3 is 9.94 Å². The molecule has 0 amide bonds. The van der Waals surface area contributed by atoms with E-state index in [1.54, 1.807) is 6.07 Å². The molecule has 1 unspecified atom stereocenters. The van der Waals surface area contributed by atoms with Crippen molar-refractivity contribution in [3.8, 4) is 0 Å². The lowest BCUT2D eigenvalue weighted by molar-refractivity contribution is -0.160. The van der Waals surface area contributed by atoms with Gasteiger partial charge in [0.1, 0.15) is 5.82 Å². The van der Waals surface area contributed by atoms with Crippen LogP contribution in [0.15, 0.2) is 27.8 Å². The van der Waals surface area contributed by atoms with Crippen LogP contribution in [0, 0.1) is 5.82 Å². The molecule has 0 spiro atoms. The first-order valence-corrected chi connectivity index (χ1v) is 5.65. The van der Waals surface area contributed by atoms with E-state index in [4.69, 9.17) is 9.94 Å². The number of oxime groups is 1. The molecule has 0 fully saturated rings. The number of nitrogens with zero attached hydrogens (tertiary/aromatic N) is 1. The summed E-state index contributed by atoms with van der Waals surface area (Å²) in [4.78, 5) is 15.8. The average Bonchev–Trinajstić information content (AvgIpc) is 2.62. The third-order valence-corrected chi connectivity index (χ3v) is 3.05. The Kier molecular flexibility index (Phi) is 2.91. The Balaban J connectivity index is 2.29. The monoisotopic (exact) mass is 301 g/mol. The molecule has 2 rings (SSSR count). The standard InChI is InChI=1S/C11H9BrFNO3/c1-11(10(15)16)5-9(14-17-11)7-3-2-6(12)4-8(7)13/h2-4H,5H2,1H3,(H,15,16). The number of aliphatic carboxylic acids is 1. The SMILES string of the molecule is CC1(C(=O)O)CC(c2ccc(Br)cc2F)=NO1. The van der Waals surface area contributed by atoms with Crippen molar-refractivity contribution in [2.24, 2.45) is 5.16 Å². The fraction of sp³-hybridized carbons (Fsp3) is 0.273. The van der Waals surface area contributed by atoms with Gasteiger partial charge in [0.2, 0.25) is 5.60 Å². The van der Waals surface area contributed by atoms with Gasteiger partial charge in [-0.1, -0.05) is 21.1 Å². The number of hydrogen-bond acceptors (Lipinski definition) is 3. The van der Waals surface area contributed by atoms with E-state index >= 15 is 0 Å². The molecule has 6 heteroatoms. The van der Waals surface area contributed by atoms with Gasteiger partial charge in [0.15, 0.2) is 0 Å². The van der Waals surface area contributed by atoms with Crippen LogP contribution < -0.4 is 0 Å². The van der Waals surface area contributed by atoms with Gasteiger partial charge in [-0.25, -0.2) is 9.18 Å². The topological polar surface area (TPSA) is 58.9 Å². The normalized spacial score (nSPS) is 23.1. The Morgan fingerprint density at radius 1 is 1.65 bits per heavy atom. The van der Waals surface area contributed by atoms with Crippen molar-refractivity contribution in [1.29, 1.82) is 0 Å². The summed E-state index contributed by atoms with van der Waals surface area (Å²) in [7, 11) is 0. The number of halogens is 2. The molecule has 1 heterocycles. The van der Waals surface area contributed by atoms with Crippen molar-refractivity contribution in [3.63, 3.8) is 0 Å². The maximum absolute atomic E-state index is 13.6. The highest BCUT2D eigenvalue weighted by Gasteiger charge is 2.42. The smallest absolute Gasteiger partial charge is 0.351 e. The van der Waals surface area contributed by atoms with Crippen LogP contribution in [0.3, 0.4) is 0 Å². The molecule has 1 N–H and O–H groups in total. The van der Waals surface area contributed by atoms with Gasteiger partial charge in [-0.2, -0.15) is 0 Å². The second-order valence-electron chi connectivity index (χ2n) is 3.97. The molecular weight excluding hydrogens is 293 g/mol. The minimum atomic E-state index is -1.41. The van der Waals surface area contributed by atoms with Crippen LogP contribution in [0.4, 0.5) is 4.39 Å². The van der Waals surface area contributed by atoms with Crippen LogP contribution in [-0.2, 0) is 9.63 Å². The second-order valence-corrected chi connectivity index (χ2v) is 4.88. The van der Waals surface area contributed by atoms with Crippen LogP contribution in [0.5, 0.6) is 0 Å². The molecule has 0 bridgehead atoms. The predicted octanol–water partition coefficient (Wildman–Crippen LogP) is 2.56. The highest BCUT2D eigenvalue weighted by Crippen LogP contribution is 2.28. The lowest BCUT2D eigenvalue weighted by Crippen LogP contribution is -2.35. The summed E-state index contributed by atoms with van der Waals surface area (Å²) >= 11 is 3.15. The van der Waals surface area contributed by atoms with E-state index in [0.29, 0.717) is 10.2 Å². The van der Waals surface area contributed by atoms with Crippen molar-refractivity contribution in [3.05, 3.63) is 34.1 Å². The number of benzene rings is 1. The first-order valence-electron chi connectivity index (χ1n) is 4.86. The minimum absolute atomic E-state index is 0.0425. The Bertz CT molecular complexity index is 517. The van der Waals surface area contributed by atoms with E-state index in [0.717, 1.165) is 0 Å².